The molecule has 7 heteroatoms. The Balaban J connectivity index is 1.57. The Kier molecular flexibility index (Phi) is 5.85. The lowest BCUT2D eigenvalue weighted by Crippen LogP contribution is -2.39. The first-order valence-corrected chi connectivity index (χ1v) is 10.6. The highest BCUT2D eigenvalue weighted by atomic mass is 35.5. The van der Waals surface area contributed by atoms with Crippen LogP contribution in [0.15, 0.2) is 41.4 Å². The number of aryl methyl sites for hydroxylation is 2. The average Bonchev–Trinajstić information content (AvgIpc) is 2.58. The first kappa shape index (κ1) is 19.1. The summed E-state index contributed by atoms with van der Waals surface area (Å²) in [7, 11) is -3.51. The van der Waals surface area contributed by atoms with E-state index in [0.717, 1.165) is 36.8 Å². The maximum absolute atomic E-state index is 12.7. The summed E-state index contributed by atoms with van der Waals surface area (Å²) in [6.45, 7) is 3.78. The summed E-state index contributed by atoms with van der Waals surface area (Å²) in [5.41, 5.74) is 1.82. The lowest BCUT2D eigenvalue weighted by atomic mass is 9.94. The van der Waals surface area contributed by atoms with Crippen LogP contribution in [0.3, 0.4) is 0 Å². The molecule has 0 radical (unpaired) electrons. The van der Waals surface area contributed by atoms with Gasteiger partial charge in [-0.25, -0.2) is 18.1 Å². The number of hydrogen-bond donors (Lipinski definition) is 1. The van der Waals surface area contributed by atoms with E-state index in [1.165, 1.54) is 0 Å². The molecule has 0 saturated heterocycles. The summed E-state index contributed by atoms with van der Waals surface area (Å²) >= 11 is 5.82. The van der Waals surface area contributed by atoms with Crippen LogP contribution in [0.2, 0.25) is 5.02 Å². The van der Waals surface area contributed by atoms with Crippen molar-refractivity contribution in [3.63, 3.8) is 0 Å². The highest BCUT2D eigenvalue weighted by Gasteiger charge is 2.27. The zero-order chi connectivity index (χ0) is 18.7. The Morgan fingerprint density at radius 2 is 1.85 bits per heavy atom. The minimum atomic E-state index is -3.51. The fourth-order valence-electron chi connectivity index (χ4n) is 3.28. The van der Waals surface area contributed by atoms with Gasteiger partial charge in [0.25, 0.3) is 0 Å². The van der Waals surface area contributed by atoms with Crippen molar-refractivity contribution >= 4 is 21.6 Å². The van der Waals surface area contributed by atoms with Gasteiger partial charge in [-0.2, -0.15) is 0 Å². The highest BCUT2D eigenvalue weighted by Crippen LogP contribution is 2.25. The summed E-state index contributed by atoms with van der Waals surface area (Å²) in [5, 5.41) is 0.571. The van der Waals surface area contributed by atoms with E-state index in [2.05, 4.69) is 9.71 Å². The SMILES string of the molecule is Cc1ccc(S(=O)(=O)NC2CCC(Oc3ccc(Cl)cn3)CC2)c(C)c1. The number of benzene rings is 1. The number of ether oxygens (including phenoxy) is 1. The summed E-state index contributed by atoms with van der Waals surface area (Å²) < 4.78 is 34.1. The van der Waals surface area contributed by atoms with Gasteiger partial charge in [-0.3, -0.25) is 0 Å². The summed E-state index contributed by atoms with van der Waals surface area (Å²) in [6, 6.07) is 8.81. The summed E-state index contributed by atoms with van der Waals surface area (Å²) in [5.74, 6) is 0.550. The van der Waals surface area contributed by atoms with Crippen LogP contribution in [0.1, 0.15) is 36.8 Å². The number of nitrogens with zero attached hydrogens (tertiary/aromatic N) is 1. The molecule has 1 fully saturated rings. The van der Waals surface area contributed by atoms with Gasteiger partial charge in [-0.15, -0.1) is 0 Å². The van der Waals surface area contributed by atoms with Gasteiger partial charge in [0.2, 0.25) is 15.9 Å². The highest BCUT2D eigenvalue weighted by molar-refractivity contribution is 7.89. The molecule has 1 aliphatic carbocycles. The van der Waals surface area contributed by atoms with Crippen molar-refractivity contribution < 1.29 is 13.2 Å². The molecule has 0 spiro atoms. The Morgan fingerprint density at radius 3 is 2.46 bits per heavy atom. The fraction of sp³-hybridized carbons (Fsp3) is 0.421. The lowest BCUT2D eigenvalue weighted by molar-refractivity contribution is 0.138. The molecular formula is C19H23ClN2O3S. The number of rotatable bonds is 5. The second kappa shape index (κ2) is 7.94. The molecule has 140 valence electrons. The van der Waals surface area contributed by atoms with Gasteiger partial charge in [0.1, 0.15) is 6.10 Å². The van der Waals surface area contributed by atoms with Gasteiger partial charge in [0.15, 0.2) is 0 Å². The van der Waals surface area contributed by atoms with Crippen molar-refractivity contribution in [2.45, 2.75) is 56.6 Å². The molecule has 5 nitrogen and oxygen atoms in total. The van der Waals surface area contributed by atoms with E-state index in [1.54, 1.807) is 24.4 Å². The minimum Gasteiger partial charge on any atom is -0.474 e. The molecule has 1 heterocycles. The van der Waals surface area contributed by atoms with E-state index in [9.17, 15) is 8.42 Å². The molecule has 0 aliphatic heterocycles. The van der Waals surface area contributed by atoms with E-state index in [1.807, 2.05) is 26.0 Å². The predicted molar refractivity (Wildman–Crippen MR) is 102 cm³/mol. The molecule has 1 N–H and O–H groups in total. The molecule has 0 unspecified atom stereocenters. The quantitative estimate of drug-likeness (QED) is 0.831. The van der Waals surface area contributed by atoms with Crippen molar-refractivity contribution in [2.24, 2.45) is 0 Å². The van der Waals surface area contributed by atoms with Crippen LogP contribution >= 0.6 is 11.6 Å². The van der Waals surface area contributed by atoms with Crippen LogP contribution in [0, 0.1) is 13.8 Å². The predicted octanol–water partition coefficient (Wildman–Crippen LogP) is 4.02. The van der Waals surface area contributed by atoms with Gasteiger partial charge in [-0.1, -0.05) is 29.3 Å². The topological polar surface area (TPSA) is 68.3 Å². The van der Waals surface area contributed by atoms with E-state index >= 15 is 0 Å². The van der Waals surface area contributed by atoms with Crippen molar-refractivity contribution in [1.29, 1.82) is 0 Å². The normalized spacial score (nSPS) is 20.7. The van der Waals surface area contributed by atoms with Crippen molar-refractivity contribution in [1.82, 2.24) is 9.71 Å². The monoisotopic (exact) mass is 394 g/mol. The first-order chi connectivity index (χ1) is 12.3. The smallest absolute Gasteiger partial charge is 0.241 e. The fourth-order valence-corrected chi connectivity index (χ4v) is 4.93. The molecule has 1 saturated carbocycles. The van der Waals surface area contributed by atoms with E-state index in [-0.39, 0.29) is 12.1 Å². The number of hydrogen-bond acceptors (Lipinski definition) is 4. The molecule has 0 atom stereocenters. The third-order valence-electron chi connectivity index (χ3n) is 4.60. The Hall–Kier alpha value is -1.63. The van der Waals surface area contributed by atoms with E-state index in [4.69, 9.17) is 16.3 Å². The first-order valence-electron chi connectivity index (χ1n) is 8.71. The van der Waals surface area contributed by atoms with E-state index in [0.29, 0.717) is 15.8 Å². The van der Waals surface area contributed by atoms with Crippen LogP contribution in [0.4, 0.5) is 0 Å². The van der Waals surface area contributed by atoms with Crippen molar-refractivity contribution in [2.75, 3.05) is 0 Å². The molecule has 26 heavy (non-hydrogen) atoms. The van der Waals surface area contributed by atoms with Crippen LogP contribution in [-0.2, 0) is 10.0 Å². The number of sulfonamides is 1. The molecular weight excluding hydrogens is 372 g/mol. The lowest BCUT2D eigenvalue weighted by Gasteiger charge is -2.29. The molecule has 1 aromatic heterocycles. The van der Waals surface area contributed by atoms with Crippen LogP contribution < -0.4 is 9.46 Å². The van der Waals surface area contributed by atoms with Gasteiger partial charge < -0.3 is 4.74 Å². The second-order valence-electron chi connectivity index (χ2n) is 6.80. The number of nitrogens with one attached hydrogen (secondary N) is 1. The summed E-state index contributed by atoms with van der Waals surface area (Å²) in [4.78, 5) is 4.50. The molecule has 1 aromatic carbocycles. The largest absolute Gasteiger partial charge is 0.474 e. The molecule has 3 rings (SSSR count). The van der Waals surface area contributed by atoms with Crippen LogP contribution in [0.5, 0.6) is 5.88 Å². The number of aromatic nitrogens is 1. The van der Waals surface area contributed by atoms with E-state index < -0.39 is 10.0 Å². The number of pyridine rings is 1. The number of halogens is 1. The van der Waals surface area contributed by atoms with Crippen molar-refractivity contribution in [3.05, 3.63) is 52.7 Å². The third kappa shape index (κ3) is 4.75. The molecule has 1 aliphatic rings. The maximum atomic E-state index is 12.7. The van der Waals surface area contributed by atoms with Gasteiger partial charge >= 0.3 is 0 Å². The van der Waals surface area contributed by atoms with Gasteiger partial charge in [-0.05, 0) is 57.2 Å². The summed E-state index contributed by atoms with van der Waals surface area (Å²) in [6.07, 6.45) is 4.64. The second-order valence-corrected chi connectivity index (χ2v) is 8.92. The van der Waals surface area contributed by atoms with Crippen LogP contribution in [-0.4, -0.2) is 25.5 Å². The molecule has 2 aromatic rings. The Labute approximate surface area is 159 Å². The minimum absolute atomic E-state index is 0.0468. The standard InChI is InChI=1S/C19H23ClN2O3S/c1-13-3-9-18(14(2)11-13)26(23,24)22-16-5-7-17(8-6-16)25-19-10-4-15(20)12-21-19/h3-4,9-12,16-17,22H,5-8H2,1-2H3. The maximum Gasteiger partial charge on any atom is 0.241 e. The molecule has 0 amide bonds. The van der Waals surface area contributed by atoms with Crippen molar-refractivity contribution in [3.8, 4) is 5.88 Å². The third-order valence-corrected chi connectivity index (χ3v) is 6.51. The average molecular weight is 395 g/mol. The Bertz CT molecular complexity index is 861. The Morgan fingerprint density at radius 1 is 1.12 bits per heavy atom. The zero-order valence-corrected chi connectivity index (χ0v) is 16.5. The van der Waals surface area contributed by atoms with Crippen LogP contribution in [0.25, 0.3) is 0 Å². The van der Waals surface area contributed by atoms with Gasteiger partial charge in [0.05, 0.1) is 9.92 Å². The van der Waals surface area contributed by atoms with Gasteiger partial charge in [0, 0.05) is 18.3 Å². The zero-order valence-electron chi connectivity index (χ0n) is 14.9. The molecule has 0 bridgehead atoms.